The number of allylic oxidation sites excluding steroid dienone is 2. The van der Waals surface area contributed by atoms with Crippen molar-refractivity contribution in [2.24, 2.45) is 4.99 Å². The van der Waals surface area contributed by atoms with Gasteiger partial charge >= 0.3 is 0 Å². The third-order valence-electron chi connectivity index (χ3n) is 1.50. The van der Waals surface area contributed by atoms with E-state index in [-0.39, 0.29) is 0 Å². The topological polar surface area (TPSA) is 24.4 Å². The fraction of sp³-hybridized carbons (Fsp3) is 0.125. The number of nitrogens with one attached hydrogen (secondary N) is 1. The highest BCUT2D eigenvalue weighted by molar-refractivity contribution is 8.06. The van der Waals surface area contributed by atoms with Crippen molar-refractivity contribution in [3.63, 3.8) is 0 Å². The number of rotatable bonds is 0. The third-order valence-corrected chi connectivity index (χ3v) is 2.56. The van der Waals surface area contributed by atoms with E-state index in [1.165, 1.54) is 10.5 Å². The predicted octanol–water partition coefficient (Wildman–Crippen LogP) is 1.99. The third kappa shape index (κ3) is 1.24. The lowest BCUT2D eigenvalue weighted by atomic mass is 10.2. The van der Waals surface area contributed by atoms with Crippen molar-refractivity contribution in [3.05, 3.63) is 33.9 Å². The van der Waals surface area contributed by atoms with E-state index in [0.29, 0.717) is 0 Å². The lowest BCUT2D eigenvalue weighted by molar-refractivity contribution is 1.15. The van der Waals surface area contributed by atoms with E-state index >= 15 is 0 Å². The zero-order valence-corrected chi connectivity index (χ0v) is 6.98. The summed E-state index contributed by atoms with van der Waals surface area (Å²) in [5.74, 6) is 0. The number of nitrogens with zero attached hydrogens (tertiary/aromatic N) is 1. The monoisotopic (exact) mass is 164 g/mol. The highest BCUT2D eigenvalue weighted by Gasteiger charge is 2.10. The van der Waals surface area contributed by atoms with Gasteiger partial charge in [-0.2, -0.15) is 0 Å². The number of hydrogen-bond acceptors (Lipinski definition) is 3. The van der Waals surface area contributed by atoms with Gasteiger partial charge in [0.15, 0.2) is 0 Å². The molecule has 11 heavy (non-hydrogen) atoms. The molecule has 1 N–H and O–H groups in total. The molecule has 0 spiro atoms. The average Bonchev–Trinajstić information content (AvgIpc) is 2.04. The van der Waals surface area contributed by atoms with E-state index in [9.17, 15) is 0 Å². The van der Waals surface area contributed by atoms with Crippen LogP contribution in [-0.4, -0.2) is 6.34 Å². The van der Waals surface area contributed by atoms with Crippen molar-refractivity contribution in [1.82, 2.24) is 5.32 Å². The number of hydrogen-bond donors (Lipinski definition) is 1. The molecular formula is C8H8N2S. The average molecular weight is 164 g/mol. The molecule has 2 rings (SSSR count). The summed E-state index contributed by atoms with van der Waals surface area (Å²) in [6.45, 7) is 2.09. The molecule has 0 saturated heterocycles. The van der Waals surface area contributed by atoms with E-state index in [0.717, 1.165) is 5.70 Å². The quantitative estimate of drug-likeness (QED) is 0.592. The Bertz CT molecular complexity index is 297. The van der Waals surface area contributed by atoms with Crippen LogP contribution in [0.4, 0.5) is 0 Å². The molecule has 0 saturated carbocycles. The fourth-order valence-electron chi connectivity index (χ4n) is 0.977. The Kier molecular flexibility index (Phi) is 1.58. The Balaban J connectivity index is 2.36. The van der Waals surface area contributed by atoms with Crippen molar-refractivity contribution >= 4 is 18.1 Å². The molecule has 0 unspecified atom stereocenters. The molecule has 56 valence electrons. The molecule has 0 fully saturated rings. The van der Waals surface area contributed by atoms with Crippen LogP contribution in [0.3, 0.4) is 0 Å². The summed E-state index contributed by atoms with van der Waals surface area (Å²) >= 11 is 1.71. The van der Waals surface area contributed by atoms with Gasteiger partial charge in [0.2, 0.25) is 0 Å². The first-order chi connectivity index (χ1) is 5.36. The highest BCUT2D eigenvalue weighted by Crippen LogP contribution is 2.31. The maximum absolute atomic E-state index is 4.00. The van der Waals surface area contributed by atoms with Crippen LogP contribution < -0.4 is 5.32 Å². The minimum atomic E-state index is 1.16. The SMILES string of the molecule is CC1=CSC2=CN=CNC2=C1. The van der Waals surface area contributed by atoms with E-state index in [1.807, 2.05) is 6.20 Å². The molecule has 2 aliphatic rings. The van der Waals surface area contributed by atoms with Gasteiger partial charge in [-0.05, 0) is 24.0 Å². The van der Waals surface area contributed by atoms with Gasteiger partial charge in [-0.1, -0.05) is 11.8 Å². The molecule has 0 amide bonds. The molecule has 0 atom stereocenters. The lowest BCUT2D eigenvalue weighted by Crippen LogP contribution is -2.15. The van der Waals surface area contributed by atoms with Crippen LogP contribution in [0.15, 0.2) is 38.9 Å². The van der Waals surface area contributed by atoms with Crippen molar-refractivity contribution in [2.75, 3.05) is 0 Å². The molecule has 2 nitrogen and oxygen atoms in total. The van der Waals surface area contributed by atoms with Crippen LogP contribution >= 0.6 is 11.8 Å². The smallest absolute Gasteiger partial charge is 0.0923 e. The first kappa shape index (κ1) is 6.73. The van der Waals surface area contributed by atoms with Crippen LogP contribution in [0, 0.1) is 0 Å². The van der Waals surface area contributed by atoms with E-state index in [2.05, 4.69) is 28.7 Å². The van der Waals surface area contributed by atoms with Gasteiger partial charge in [-0.25, -0.2) is 4.99 Å². The summed E-state index contributed by atoms with van der Waals surface area (Å²) in [5, 5.41) is 5.21. The molecule has 3 heteroatoms. The van der Waals surface area contributed by atoms with Gasteiger partial charge in [0.1, 0.15) is 0 Å². The van der Waals surface area contributed by atoms with Gasteiger partial charge in [0.05, 0.1) is 16.9 Å². The second kappa shape index (κ2) is 2.58. The first-order valence-corrected chi connectivity index (χ1v) is 4.28. The Morgan fingerprint density at radius 1 is 1.55 bits per heavy atom. The molecule has 2 aliphatic heterocycles. The Morgan fingerprint density at radius 2 is 2.45 bits per heavy atom. The molecule has 0 aromatic rings. The summed E-state index contributed by atoms with van der Waals surface area (Å²) in [4.78, 5) is 5.19. The molecule has 2 heterocycles. The van der Waals surface area contributed by atoms with Crippen LogP contribution in [0.1, 0.15) is 6.92 Å². The van der Waals surface area contributed by atoms with Crippen molar-refractivity contribution in [2.45, 2.75) is 6.92 Å². The van der Waals surface area contributed by atoms with Gasteiger partial charge in [-0.3, -0.25) is 0 Å². The van der Waals surface area contributed by atoms with E-state index in [1.54, 1.807) is 18.1 Å². The van der Waals surface area contributed by atoms with Crippen LogP contribution in [-0.2, 0) is 0 Å². The second-order valence-electron chi connectivity index (χ2n) is 2.45. The standard InChI is InChI=1S/C8H8N2S/c1-6-2-7-8(11-4-6)3-9-5-10-7/h2-5H,1H3,(H,9,10). The van der Waals surface area contributed by atoms with Gasteiger partial charge in [0.25, 0.3) is 0 Å². The minimum absolute atomic E-state index is 1.16. The molecular weight excluding hydrogens is 156 g/mol. The maximum Gasteiger partial charge on any atom is 0.0923 e. The Morgan fingerprint density at radius 3 is 3.36 bits per heavy atom. The van der Waals surface area contributed by atoms with Crippen LogP contribution in [0.5, 0.6) is 0 Å². The Hall–Kier alpha value is -0.960. The van der Waals surface area contributed by atoms with Crippen molar-refractivity contribution in [1.29, 1.82) is 0 Å². The summed E-state index contributed by atoms with van der Waals surface area (Å²) in [6.07, 6.45) is 5.69. The minimum Gasteiger partial charge on any atom is -0.345 e. The van der Waals surface area contributed by atoms with Gasteiger partial charge in [0, 0.05) is 6.20 Å². The van der Waals surface area contributed by atoms with Gasteiger partial charge < -0.3 is 5.32 Å². The summed E-state index contributed by atoms with van der Waals surface area (Å²) < 4.78 is 0. The van der Waals surface area contributed by atoms with Crippen LogP contribution in [0.2, 0.25) is 0 Å². The van der Waals surface area contributed by atoms with Crippen molar-refractivity contribution in [3.8, 4) is 0 Å². The lowest BCUT2D eigenvalue weighted by Gasteiger charge is -2.16. The molecule has 0 aromatic heterocycles. The zero-order chi connectivity index (χ0) is 7.68. The maximum atomic E-state index is 4.00. The zero-order valence-electron chi connectivity index (χ0n) is 6.16. The normalized spacial score (nSPS) is 21.0. The molecule has 0 aliphatic carbocycles. The summed E-state index contributed by atoms with van der Waals surface area (Å²) in [6, 6.07) is 0. The van der Waals surface area contributed by atoms with Gasteiger partial charge in [-0.15, -0.1) is 0 Å². The number of thioether (sulfide) groups is 1. The molecule has 0 aromatic carbocycles. The highest BCUT2D eigenvalue weighted by atomic mass is 32.2. The molecule has 0 radical (unpaired) electrons. The summed E-state index contributed by atoms with van der Waals surface area (Å²) in [5.41, 5.74) is 2.44. The van der Waals surface area contributed by atoms with Crippen LogP contribution in [0.25, 0.3) is 0 Å². The Labute approximate surface area is 69.8 Å². The fourth-order valence-corrected chi connectivity index (χ4v) is 1.72. The van der Waals surface area contributed by atoms with Crippen molar-refractivity contribution < 1.29 is 0 Å². The van der Waals surface area contributed by atoms with E-state index in [4.69, 9.17) is 0 Å². The predicted molar refractivity (Wildman–Crippen MR) is 49.1 cm³/mol. The van der Waals surface area contributed by atoms with E-state index < -0.39 is 0 Å². The largest absolute Gasteiger partial charge is 0.345 e. The number of fused-ring (bicyclic) bond motifs is 1. The summed E-state index contributed by atoms with van der Waals surface area (Å²) in [7, 11) is 0. The second-order valence-corrected chi connectivity index (χ2v) is 3.36. The first-order valence-electron chi connectivity index (χ1n) is 3.40. The molecule has 0 bridgehead atoms. The number of aliphatic imine (C=N–C) groups is 1.